The summed E-state index contributed by atoms with van der Waals surface area (Å²) in [7, 11) is -3.92. The Morgan fingerprint density at radius 1 is 0.931 bits per heavy atom. The van der Waals surface area contributed by atoms with Crippen LogP contribution in [-0.2, 0) is 14.8 Å². The summed E-state index contributed by atoms with van der Waals surface area (Å²) >= 11 is 3.35. The average Bonchev–Trinajstić information content (AvgIpc) is 2.68. The molecular formula is C22H21BrN2O3S. The van der Waals surface area contributed by atoms with Gasteiger partial charge >= 0.3 is 0 Å². The van der Waals surface area contributed by atoms with Crippen molar-refractivity contribution in [3.63, 3.8) is 0 Å². The molecule has 29 heavy (non-hydrogen) atoms. The molecule has 5 nitrogen and oxygen atoms in total. The van der Waals surface area contributed by atoms with Crippen molar-refractivity contribution in [3.8, 4) is 0 Å². The van der Waals surface area contributed by atoms with Gasteiger partial charge in [0.25, 0.3) is 10.0 Å². The summed E-state index contributed by atoms with van der Waals surface area (Å²) < 4.78 is 28.7. The second-order valence-electron chi connectivity index (χ2n) is 6.73. The number of rotatable bonds is 6. The molecule has 0 saturated heterocycles. The fourth-order valence-electron chi connectivity index (χ4n) is 2.99. The first-order valence-corrected chi connectivity index (χ1v) is 11.2. The van der Waals surface area contributed by atoms with E-state index in [9.17, 15) is 13.2 Å². The van der Waals surface area contributed by atoms with E-state index in [1.807, 2.05) is 19.9 Å². The molecule has 0 aliphatic carbocycles. The van der Waals surface area contributed by atoms with Gasteiger partial charge in [0.1, 0.15) is 6.54 Å². The predicted molar refractivity (Wildman–Crippen MR) is 120 cm³/mol. The third kappa shape index (κ3) is 5.25. The molecule has 3 rings (SSSR count). The van der Waals surface area contributed by atoms with Crippen molar-refractivity contribution in [2.24, 2.45) is 0 Å². The highest BCUT2D eigenvalue weighted by Gasteiger charge is 2.27. The summed E-state index contributed by atoms with van der Waals surface area (Å²) in [5.41, 5.74) is 2.89. The van der Waals surface area contributed by atoms with Crippen LogP contribution in [0.5, 0.6) is 0 Å². The minimum Gasteiger partial charge on any atom is -0.325 e. The van der Waals surface area contributed by atoms with E-state index < -0.39 is 15.9 Å². The molecule has 0 heterocycles. The number of carbonyl (C=O) groups excluding carboxylic acids is 1. The molecule has 7 heteroatoms. The Balaban J connectivity index is 1.96. The molecule has 0 saturated carbocycles. The van der Waals surface area contributed by atoms with E-state index in [1.54, 1.807) is 54.6 Å². The maximum atomic E-state index is 13.3. The number of anilines is 2. The Kier molecular flexibility index (Phi) is 6.39. The van der Waals surface area contributed by atoms with Gasteiger partial charge in [-0.3, -0.25) is 9.10 Å². The Morgan fingerprint density at radius 2 is 1.52 bits per heavy atom. The van der Waals surface area contributed by atoms with Gasteiger partial charge in [0.15, 0.2) is 0 Å². The van der Waals surface area contributed by atoms with Crippen molar-refractivity contribution >= 4 is 43.2 Å². The second-order valence-corrected chi connectivity index (χ2v) is 9.50. The summed E-state index contributed by atoms with van der Waals surface area (Å²) in [5, 5.41) is 2.76. The van der Waals surface area contributed by atoms with Crippen molar-refractivity contribution in [2.75, 3.05) is 16.2 Å². The van der Waals surface area contributed by atoms with Gasteiger partial charge in [-0.25, -0.2) is 8.42 Å². The monoisotopic (exact) mass is 472 g/mol. The maximum Gasteiger partial charge on any atom is 0.264 e. The van der Waals surface area contributed by atoms with Gasteiger partial charge in [-0.2, -0.15) is 0 Å². The van der Waals surface area contributed by atoms with Crippen molar-refractivity contribution in [1.29, 1.82) is 0 Å². The number of halogens is 1. The van der Waals surface area contributed by atoms with E-state index in [2.05, 4.69) is 21.2 Å². The zero-order chi connectivity index (χ0) is 21.0. The molecule has 0 aliphatic heterocycles. The highest BCUT2D eigenvalue weighted by Crippen LogP contribution is 2.26. The lowest BCUT2D eigenvalue weighted by Crippen LogP contribution is -2.38. The van der Waals surface area contributed by atoms with Gasteiger partial charge in [0.2, 0.25) is 5.91 Å². The van der Waals surface area contributed by atoms with Crippen molar-refractivity contribution in [1.82, 2.24) is 0 Å². The number of aryl methyl sites for hydroxylation is 2. The van der Waals surface area contributed by atoms with Crippen LogP contribution < -0.4 is 9.62 Å². The Morgan fingerprint density at radius 3 is 2.10 bits per heavy atom. The first-order chi connectivity index (χ1) is 13.8. The summed E-state index contributed by atoms with van der Waals surface area (Å²) in [6.07, 6.45) is 0. The number of hydrogen-bond donors (Lipinski definition) is 1. The molecule has 0 spiro atoms. The third-order valence-electron chi connectivity index (χ3n) is 4.24. The smallest absolute Gasteiger partial charge is 0.264 e. The topological polar surface area (TPSA) is 66.5 Å². The van der Waals surface area contributed by atoms with Crippen molar-refractivity contribution in [3.05, 3.63) is 88.4 Å². The number of nitrogens with one attached hydrogen (secondary N) is 1. The average molecular weight is 473 g/mol. The Bertz CT molecular complexity index is 1090. The standard InChI is InChI=1S/C22H21BrN2O3S/c1-16-12-17(2)14-20(13-16)25(29(27,28)21-6-4-3-5-7-21)15-22(26)24-19-10-8-18(23)9-11-19/h3-14H,15H2,1-2H3,(H,24,26). The first kappa shape index (κ1) is 21.1. The summed E-state index contributed by atoms with van der Waals surface area (Å²) in [6.45, 7) is 3.45. The van der Waals surface area contributed by atoms with E-state index >= 15 is 0 Å². The van der Waals surface area contributed by atoms with Crippen LogP contribution in [0, 0.1) is 13.8 Å². The minimum atomic E-state index is -3.92. The van der Waals surface area contributed by atoms with E-state index in [0.29, 0.717) is 11.4 Å². The minimum absolute atomic E-state index is 0.135. The van der Waals surface area contributed by atoms with Crippen LogP contribution in [0.1, 0.15) is 11.1 Å². The molecule has 1 amide bonds. The van der Waals surface area contributed by atoms with Gasteiger partial charge < -0.3 is 5.32 Å². The van der Waals surface area contributed by atoms with E-state index in [0.717, 1.165) is 19.9 Å². The van der Waals surface area contributed by atoms with Gasteiger partial charge in [-0.05, 0) is 73.5 Å². The first-order valence-electron chi connectivity index (χ1n) is 8.97. The van der Waals surface area contributed by atoms with Crippen LogP contribution >= 0.6 is 15.9 Å². The zero-order valence-corrected chi connectivity index (χ0v) is 18.5. The number of sulfonamides is 1. The van der Waals surface area contributed by atoms with Crippen LogP contribution in [-0.4, -0.2) is 20.9 Å². The molecule has 0 unspecified atom stereocenters. The number of hydrogen-bond acceptors (Lipinski definition) is 3. The molecule has 150 valence electrons. The molecule has 0 atom stereocenters. The van der Waals surface area contributed by atoms with E-state index in [1.165, 1.54) is 12.1 Å². The quantitative estimate of drug-likeness (QED) is 0.554. The van der Waals surface area contributed by atoms with Gasteiger partial charge in [-0.15, -0.1) is 0 Å². The fourth-order valence-corrected chi connectivity index (χ4v) is 4.68. The highest BCUT2D eigenvalue weighted by atomic mass is 79.9. The normalized spacial score (nSPS) is 11.1. The van der Waals surface area contributed by atoms with Gasteiger partial charge in [0, 0.05) is 10.2 Å². The molecule has 0 aliphatic rings. The molecule has 3 aromatic carbocycles. The lowest BCUT2D eigenvalue weighted by molar-refractivity contribution is -0.114. The number of benzene rings is 3. The van der Waals surface area contributed by atoms with Crippen LogP contribution in [0.15, 0.2) is 82.2 Å². The molecule has 0 bridgehead atoms. The van der Waals surface area contributed by atoms with Crippen LogP contribution in [0.2, 0.25) is 0 Å². The summed E-state index contributed by atoms with van der Waals surface area (Å²) in [6, 6.07) is 20.7. The fraction of sp³-hybridized carbons (Fsp3) is 0.136. The largest absolute Gasteiger partial charge is 0.325 e. The molecule has 0 fully saturated rings. The third-order valence-corrected chi connectivity index (χ3v) is 6.56. The number of amides is 1. The summed E-state index contributed by atoms with van der Waals surface area (Å²) in [5.74, 6) is -0.425. The highest BCUT2D eigenvalue weighted by molar-refractivity contribution is 9.10. The van der Waals surface area contributed by atoms with Crippen LogP contribution in [0.3, 0.4) is 0 Å². The van der Waals surface area contributed by atoms with Crippen LogP contribution in [0.25, 0.3) is 0 Å². The number of nitrogens with zero attached hydrogens (tertiary/aromatic N) is 1. The second kappa shape index (κ2) is 8.80. The SMILES string of the molecule is Cc1cc(C)cc(N(CC(=O)Nc2ccc(Br)cc2)S(=O)(=O)c2ccccc2)c1. The lowest BCUT2D eigenvalue weighted by Gasteiger charge is -2.25. The predicted octanol–water partition coefficient (Wildman–Crippen LogP) is 4.90. The molecule has 0 aromatic heterocycles. The van der Waals surface area contributed by atoms with Gasteiger partial charge in [-0.1, -0.05) is 40.2 Å². The van der Waals surface area contributed by atoms with Crippen LogP contribution in [0.4, 0.5) is 11.4 Å². The Hall–Kier alpha value is -2.64. The maximum absolute atomic E-state index is 13.3. The molecular weight excluding hydrogens is 452 g/mol. The lowest BCUT2D eigenvalue weighted by atomic mass is 10.1. The van der Waals surface area contributed by atoms with Crippen molar-refractivity contribution < 1.29 is 13.2 Å². The summed E-state index contributed by atoms with van der Waals surface area (Å²) in [4.78, 5) is 12.8. The van der Waals surface area contributed by atoms with Crippen molar-refractivity contribution in [2.45, 2.75) is 18.7 Å². The number of carbonyl (C=O) groups is 1. The Labute approximate surface area is 179 Å². The zero-order valence-electron chi connectivity index (χ0n) is 16.1. The molecule has 3 aromatic rings. The molecule has 0 radical (unpaired) electrons. The molecule has 1 N–H and O–H groups in total. The van der Waals surface area contributed by atoms with Gasteiger partial charge in [0.05, 0.1) is 10.6 Å². The van der Waals surface area contributed by atoms with E-state index in [4.69, 9.17) is 0 Å². The van der Waals surface area contributed by atoms with E-state index in [-0.39, 0.29) is 11.4 Å².